The average molecular weight is 375 g/mol. The van der Waals surface area contributed by atoms with E-state index in [1.54, 1.807) is 0 Å². The maximum absolute atomic E-state index is 6.23. The first-order valence-corrected chi connectivity index (χ1v) is 11.1. The summed E-state index contributed by atoms with van der Waals surface area (Å²) >= 11 is 0. The van der Waals surface area contributed by atoms with E-state index in [0.717, 1.165) is 50.9 Å². The molecule has 5 nitrogen and oxygen atoms in total. The van der Waals surface area contributed by atoms with E-state index in [0.29, 0.717) is 12.2 Å². The fraction of sp³-hybridized carbons (Fsp3) is 0.818. The van der Waals surface area contributed by atoms with Crippen LogP contribution >= 0.6 is 0 Å². The van der Waals surface area contributed by atoms with Crippen LogP contribution in [0.3, 0.4) is 0 Å². The molecule has 27 heavy (non-hydrogen) atoms. The standard InChI is InChI=1S/C22H38N4O/c1-4-6-18(3)27-21-10-8-19(9-11-21)25-12-14-26(15-13-25)20-16-23-22(7-5-2)24-17-20/h16-19,21H,4-15H2,1-3H3. The molecule has 1 saturated carbocycles. The molecule has 1 aromatic rings. The van der Waals surface area contributed by atoms with Gasteiger partial charge in [-0.15, -0.1) is 0 Å². The van der Waals surface area contributed by atoms with Crippen LogP contribution in [-0.4, -0.2) is 59.3 Å². The summed E-state index contributed by atoms with van der Waals surface area (Å²) in [5, 5.41) is 0. The van der Waals surface area contributed by atoms with Gasteiger partial charge in [0.05, 0.1) is 30.3 Å². The van der Waals surface area contributed by atoms with Crippen molar-refractivity contribution in [2.45, 2.75) is 90.4 Å². The lowest BCUT2D eigenvalue weighted by Gasteiger charge is -2.42. The molecule has 1 saturated heterocycles. The van der Waals surface area contributed by atoms with Gasteiger partial charge in [0, 0.05) is 38.6 Å². The number of hydrogen-bond acceptors (Lipinski definition) is 5. The van der Waals surface area contributed by atoms with Crippen molar-refractivity contribution in [3.63, 3.8) is 0 Å². The van der Waals surface area contributed by atoms with E-state index in [2.05, 4.69) is 40.5 Å². The van der Waals surface area contributed by atoms with E-state index >= 15 is 0 Å². The monoisotopic (exact) mass is 374 g/mol. The molecule has 2 heterocycles. The molecule has 3 rings (SSSR count). The molecule has 0 N–H and O–H groups in total. The van der Waals surface area contributed by atoms with Crippen molar-refractivity contribution >= 4 is 5.69 Å². The van der Waals surface area contributed by atoms with Gasteiger partial charge in [0.1, 0.15) is 5.82 Å². The molecule has 5 heteroatoms. The van der Waals surface area contributed by atoms with E-state index in [1.807, 2.05) is 12.4 Å². The Morgan fingerprint density at radius 1 is 1.00 bits per heavy atom. The van der Waals surface area contributed by atoms with Gasteiger partial charge in [0.2, 0.25) is 0 Å². The molecule has 152 valence electrons. The highest BCUT2D eigenvalue weighted by Crippen LogP contribution is 2.27. The minimum Gasteiger partial charge on any atom is -0.375 e. The molecule has 0 spiro atoms. The first-order valence-electron chi connectivity index (χ1n) is 11.1. The van der Waals surface area contributed by atoms with E-state index in [-0.39, 0.29) is 0 Å². The Kier molecular flexibility index (Phi) is 7.89. The lowest BCUT2D eigenvalue weighted by atomic mass is 9.91. The van der Waals surface area contributed by atoms with Crippen molar-refractivity contribution in [3.8, 4) is 0 Å². The second kappa shape index (κ2) is 10.4. The van der Waals surface area contributed by atoms with Crippen molar-refractivity contribution in [1.29, 1.82) is 0 Å². The Bertz CT molecular complexity index is 534. The van der Waals surface area contributed by atoms with Gasteiger partial charge in [-0.1, -0.05) is 20.3 Å². The van der Waals surface area contributed by atoms with E-state index in [9.17, 15) is 0 Å². The van der Waals surface area contributed by atoms with Crippen LogP contribution in [-0.2, 0) is 11.2 Å². The van der Waals surface area contributed by atoms with Crippen LogP contribution in [0.5, 0.6) is 0 Å². The summed E-state index contributed by atoms with van der Waals surface area (Å²) in [7, 11) is 0. The Morgan fingerprint density at radius 2 is 1.67 bits per heavy atom. The van der Waals surface area contributed by atoms with Crippen molar-refractivity contribution in [2.24, 2.45) is 0 Å². The molecular formula is C22H38N4O. The zero-order valence-electron chi connectivity index (χ0n) is 17.6. The van der Waals surface area contributed by atoms with Gasteiger partial charge < -0.3 is 9.64 Å². The van der Waals surface area contributed by atoms with Crippen LogP contribution in [0, 0.1) is 0 Å². The molecule has 0 amide bonds. The van der Waals surface area contributed by atoms with E-state index < -0.39 is 0 Å². The summed E-state index contributed by atoms with van der Waals surface area (Å²) in [6.07, 6.45) is 14.4. The van der Waals surface area contributed by atoms with Gasteiger partial charge >= 0.3 is 0 Å². The number of ether oxygens (including phenoxy) is 1. The lowest BCUT2D eigenvalue weighted by molar-refractivity contribution is -0.0373. The molecule has 2 aliphatic rings. The molecule has 0 aromatic carbocycles. The predicted molar refractivity (Wildman–Crippen MR) is 111 cm³/mol. The molecular weight excluding hydrogens is 336 g/mol. The summed E-state index contributed by atoms with van der Waals surface area (Å²) in [5.41, 5.74) is 1.18. The first kappa shape index (κ1) is 20.5. The zero-order chi connectivity index (χ0) is 19.1. The SMILES string of the molecule is CCCc1ncc(N2CCN(C3CCC(OC(C)CCC)CC3)CC2)cn1. The summed E-state index contributed by atoms with van der Waals surface area (Å²) in [5.74, 6) is 0.965. The van der Waals surface area contributed by atoms with Crippen LogP contribution < -0.4 is 4.90 Å². The fourth-order valence-corrected chi connectivity index (χ4v) is 4.56. The first-order chi connectivity index (χ1) is 13.2. The molecule has 1 aromatic heterocycles. The molecule has 0 radical (unpaired) electrons. The van der Waals surface area contributed by atoms with Gasteiger partial charge in [-0.2, -0.15) is 0 Å². The zero-order valence-corrected chi connectivity index (χ0v) is 17.6. The Hall–Kier alpha value is -1.20. The number of hydrogen-bond donors (Lipinski definition) is 0. The van der Waals surface area contributed by atoms with Crippen LogP contribution in [0.25, 0.3) is 0 Å². The number of nitrogens with zero attached hydrogens (tertiary/aromatic N) is 4. The highest BCUT2D eigenvalue weighted by Gasteiger charge is 2.29. The second-order valence-corrected chi connectivity index (χ2v) is 8.30. The number of rotatable bonds is 8. The average Bonchev–Trinajstić information content (AvgIpc) is 2.70. The molecule has 1 unspecified atom stereocenters. The van der Waals surface area contributed by atoms with Crippen molar-refractivity contribution in [1.82, 2.24) is 14.9 Å². The van der Waals surface area contributed by atoms with Crippen LogP contribution in [0.4, 0.5) is 5.69 Å². The maximum Gasteiger partial charge on any atom is 0.128 e. The topological polar surface area (TPSA) is 41.5 Å². The van der Waals surface area contributed by atoms with E-state index in [4.69, 9.17) is 4.74 Å². The molecule has 2 fully saturated rings. The number of piperazine rings is 1. The van der Waals surface area contributed by atoms with Gasteiger partial charge in [-0.25, -0.2) is 9.97 Å². The van der Waals surface area contributed by atoms with Gasteiger partial charge in [0.15, 0.2) is 0 Å². The van der Waals surface area contributed by atoms with Crippen LogP contribution in [0.2, 0.25) is 0 Å². The maximum atomic E-state index is 6.23. The number of anilines is 1. The van der Waals surface area contributed by atoms with Gasteiger partial charge in [-0.05, 0) is 45.4 Å². The van der Waals surface area contributed by atoms with Crippen molar-refractivity contribution < 1.29 is 4.74 Å². The fourth-order valence-electron chi connectivity index (χ4n) is 4.56. The number of aromatic nitrogens is 2. The molecule has 0 bridgehead atoms. The minimum absolute atomic E-state index is 0.422. The minimum atomic E-state index is 0.422. The Labute approximate surface area is 165 Å². The lowest BCUT2D eigenvalue weighted by Crippen LogP contribution is -2.51. The van der Waals surface area contributed by atoms with Crippen molar-refractivity contribution in [3.05, 3.63) is 18.2 Å². The third-order valence-corrected chi connectivity index (χ3v) is 6.12. The quantitative estimate of drug-likeness (QED) is 0.686. The van der Waals surface area contributed by atoms with Crippen LogP contribution in [0.1, 0.15) is 71.5 Å². The molecule has 1 aliphatic heterocycles. The normalized spacial score (nSPS) is 25.5. The second-order valence-electron chi connectivity index (χ2n) is 8.30. The summed E-state index contributed by atoms with van der Waals surface area (Å²) in [6, 6.07) is 0.747. The summed E-state index contributed by atoms with van der Waals surface area (Å²) < 4.78 is 6.23. The molecule has 1 atom stereocenters. The largest absolute Gasteiger partial charge is 0.375 e. The smallest absolute Gasteiger partial charge is 0.128 e. The number of aryl methyl sites for hydroxylation is 1. The van der Waals surface area contributed by atoms with Crippen LogP contribution in [0.15, 0.2) is 12.4 Å². The molecule has 1 aliphatic carbocycles. The third-order valence-electron chi connectivity index (χ3n) is 6.12. The Morgan fingerprint density at radius 3 is 2.26 bits per heavy atom. The van der Waals surface area contributed by atoms with Gasteiger partial charge in [0.25, 0.3) is 0 Å². The summed E-state index contributed by atoms with van der Waals surface area (Å²) in [6.45, 7) is 11.1. The van der Waals surface area contributed by atoms with E-state index in [1.165, 1.54) is 44.2 Å². The highest BCUT2D eigenvalue weighted by molar-refractivity contribution is 5.42. The third kappa shape index (κ3) is 5.89. The highest BCUT2D eigenvalue weighted by atomic mass is 16.5. The summed E-state index contributed by atoms with van der Waals surface area (Å²) in [4.78, 5) is 14.2. The Balaban J connectivity index is 1.41. The predicted octanol–water partition coefficient (Wildman–Crippen LogP) is 4.07. The van der Waals surface area contributed by atoms with Gasteiger partial charge in [-0.3, -0.25) is 4.90 Å². The van der Waals surface area contributed by atoms with Crippen molar-refractivity contribution in [2.75, 3.05) is 31.1 Å².